The van der Waals surface area contributed by atoms with Crippen LogP contribution in [0.25, 0.3) is 60.9 Å². The highest BCUT2D eigenvalue weighted by atomic mass is 15.1. The van der Waals surface area contributed by atoms with Crippen molar-refractivity contribution in [2.45, 2.75) is 19.3 Å². The summed E-state index contributed by atoms with van der Waals surface area (Å²) in [4.78, 5) is 2.42. The zero-order valence-corrected chi connectivity index (χ0v) is 29.9. The minimum atomic E-state index is -0.0876. The average molecular weight is 679 g/mol. The Balaban J connectivity index is 1.23. The van der Waals surface area contributed by atoms with Crippen molar-refractivity contribution in [1.29, 1.82) is 0 Å². The lowest BCUT2D eigenvalue weighted by Gasteiger charge is -2.28. The second kappa shape index (κ2) is 12.3. The minimum absolute atomic E-state index is 0.0876. The van der Waals surface area contributed by atoms with Gasteiger partial charge >= 0.3 is 0 Å². The molecule has 1 heterocycles. The lowest BCUT2D eigenvalue weighted by Crippen LogP contribution is -2.15. The maximum Gasteiger partial charge on any atom is 0.0562 e. The van der Waals surface area contributed by atoms with Crippen LogP contribution in [0, 0.1) is 0 Å². The van der Waals surface area contributed by atoms with Crippen molar-refractivity contribution in [3.8, 4) is 39.1 Å². The molecular formula is C51H38N2. The molecule has 0 aliphatic heterocycles. The van der Waals surface area contributed by atoms with E-state index in [2.05, 4.69) is 217 Å². The zero-order chi connectivity index (χ0) is 35.5. The van der Waals surface area contributed by atoms with Gasteiger partial charge in [0.1, 0.15) is 0 Å². The Labute approximate surface area is 310 Å². The molecular weight excluding hydrogens is 641 g/mol. The second-order valence-corrected chi connectivity index (χ2v) is 14.6. The molecule has 0 radical (unpaired) electrons. The molecule has 8 aromatic carbocycles. The number of anilines is 3. The third-order valence-electron chi connectivity index (χ3n) is 11.2. The molecule has 0 fully saturated rings. The SMILES string of the molecule is CC1(C)c2ccccc2-c2c(-n3c4ccccc4c4ccc(N(c5ccc(-c6ccccc6)cc5)c5ccccc5-c5ccccc5)cc43)cccc21. The second-order valence-electron chi connectivity index (χ2n) is 14.6. The van der Waals surface area contributed by atoms with E-state index in [0.717, 1.165) is 17.1 Å². The van der Waals surface area contributed by atoms with Gasteiger partial charge in [0.15, 0.2) is 0 Å². The number of benzene rings is 8. The van der Waals surface area contributed by atoms with Crippen LogP contribution < -0.4 is 4.90 Å². The molecule has 10 rings (SSSR count). The normalized spacial score (nSPS) is 12.9. The third kappa shape index (κ3) is 4.94. The van der Waals surface area contributed by atoms with Crippen molar-refractivity contribution >= 4 is 38.9 Å². The molecule has 1 aromatic heterocycles. The highest BCUT2D eigenvalue weighted by Crippen LogP contribution is 2.52. The summed E-state index contributed by atoms with van der Waals surface area (Å²) < 4.78 is 2.50. The predicted molar refractivity (Wildman–Crippen MR) is 224 cm³/mol. The van der Waals surface area contributed by atoms with Crippen LogP contribution in [0.2, 0.25) is 0 Å². The molecule has 2 nitrogen and oxygen atoms in total. The molecule has 1 aliphatic carbocycles. The molecule has 0 saturated carbocycles. The number of fused-ring (bicyclic) bond motifs is 6. The van der Waals surface area contributed by atoms with Gasteiger partial charge in [0.05, 0.1) is 22.4 Å². The smallest absolute Gasteiger partial charge is 0.0562 e. The van der Waals surface area contributed by atoms with Crippen molar-refractivity contribution < 1.29 is 0 Å². The zero-order valence-electron chi connectivity index (χ0n) is 29.9. The van der Waals surface area contributed by atoms with E-state index < -0.39 is 0 Å². The van der Waals surface area contributed by atoms with E-state index in [9.17, 15) is 0 Å². The molecule has 2 heteroatoms. The number of hydrogen-bond donors (Lipinski definition) is 0. The van der Waals surface area contributed by atoms with Gasteiger partial charge < -0.3 is 9.47 Å². The van der Waals surface area contributed by atoms with Crippen LogP contribution in [0.3, 0.4) is 0 Å². The van der Waals surface area contributed by atoms with E-state index in [1.807, 2.05) is 0 Å². The molecule has 1 aliphatic rings. The summed E-state index contributed by atoms with van der Waals surface area (Å²) in [6.45, 7) is 4.72. The van der Waals surface area contributed by atoms with Crippen LogP contribution in [0.15, 0.2) is 194 Å². The van der Waals surface area contributed by atoms with Gasteiger partial charge in [0.25, 0.3) is 0 Å². The summed E-state index contributed by atoms with van der Waals surface area (Å²) in [6, 6.07) is 70.8. The fraction of sp³-hybridized carbons (Fsp3) is 0.0588. The standard InChI is InChI=1S/C51H38N2/c1-51(2)44-23-12-9-22-43(44)50-45(51)24-15-27-48(50)53-47-26-14-11-21-41(47)42-33-32-39(34-49(42)53)52(38-30-28-36(29-31-38)35-16-5-3-6-17-35)46-25-13-10-20-40(46)37-18-7-4-8-19-37/h3-34H,1-2H3. The Morgan fingerprint density at radius 1 is 0.415 bits per heavy atom. The van der Waals surface area contributed by atoms with Gasteiger partial charge in [-0.15, -0.1) is 0 Å². The van der Waals surface area contributed by atoms with Crippen molar-refractivity contribution in [3.63, 3.8) is 0 Å². The summed E-state index contributed by atoms with van der Waals surface area (Å²) in [5.41, 5.74) is 17.0. The number of aromatic nitrogens is 1. The van der Waals surface area contributed by atoms with Crippen LogP contribution in [0.4, 0.5) is 17.1 Å². The van der Waals surface area contributed by atoms with Crippen molar-refractivity contribution in [2.24, 2.45) is 0 Å². The molecule has 0 spiro atoms. The lowest BCUT2D eigenvalue weighted by molar-refractivity contribution is 0.660. The van der Waals surface area contributed by atoms with Crippen LogP contribution in [0.5, 0.6) is 0 Å². The maximum absolute atomic E-state index is 2.50. The summed E-state index contributed by atoms with van der Waals surface area (Å²) in [5, 5.41) is 2.49. The van der Waals surface area contributed by atoms with E-state index >= 15 is 0 Å². The van der Waals surface area contributed by atoms with Gasteiger partial charge in [-0.05, 0) is 75.8 Å². The van der Waals surface area contributed by atoms with E-state index in [1.165, 1.54) is 72.0 Å². The quantitative estimate of drug-likeness (QED) is 0.170. The Morgan fingerprint density at radius 2 is 1.00 bits per heavy atom. The first kappa shape index (κ1) is 31.1. The molecule has 9 aromatic rings. The summed E-state index contributed by atoms with van der Waals surface area (Å²) in [7, 11) is 0. The summed E-state index contributed by atoms with van der Waals surface area (Å²) in [6.07, 6.45) is 0. The third-order valence-corrected chi connectivity index (χ3v) is 11.2. The van der Waals surface area contributed by atoms with Gasteiger partial charge in [0, 0.05) is 38.7 Å². The molecule has 0 amide bonds. The molecule has 0 N–H and O–H groups in total. The van der Waals surface area contributed by atoms with Gasteiger partial charge in [-0.3, -0.25) is 0 Å². The Kier molecular flexibility index (Phi) is 7.19. The van der Waals surface area contributed by atoms with Gasteiger partial charge in [0.2, 0.25) is 0 Å². The predicted octanol–water partition coefficient (Wildman–Crippen LogP) is 13.9. The number of para-hydroxylation sites is 2. The Bertz CT molecular complexity index is 2790. The van der Waals surface area contributed by atoms with Gasteiger partial charge in [-0.2, -0.15) is 0 Å². The Morgan fingerprint density at radius 3 is 1.79 bits per heavy atom. The van der Waals surface area contributed by atoms with Crippen LogP contribution in [-0.2, 0) is 5.41 Å². The lowest BCUT2D eigenvalue weighted by atomic mass is 9.82. The largest absolute Gasteiger partial charge is 0.310 e. The van der Waals surface area contributed by atoms with E-state index in [-0.39, 0.29) is 5.41 Å². The molecule has 0 atom stereocenters. The van der Waals surface area contributed by atoms with Crippen molar-refractivity contribution in [2.75, 3.05) is 4.90 Å². The molecule has 0 saturated heterocycles. The summed E-state index contributed by atoms with van der Waals surface area (Å²) >= 11 is 0. The van der Waals surface area contributed by atoms with E-state index in [1.54, 1.807) is 0 Å². The fourth-order valence-corrected chi connectivity index (χ4v) is 8.67. The number of hydrogen-bond acceptors (Lipinski definition) is 1. The average Bonchev–Trinajstić information content (AvgIpc) is 3.67. The first-order valence-corrected chi connectivity index (χ1v) is 18.4. The highest BCUT2D eigenvalue weighted by molar-refractivity contribution is 6.11. The van der Waals surface area contributed by atoms with Crippen LogP contribution in [-0.4, -0.2) is 4.57 Å². The summed E-state index contributed by atoms with van der Waals surface area (Å²) in [5.74, 6) is 0. The van der Waals surface area contributed by atoms with Crippen LogP contribution in [0.1, 0.15) is 25.0 Å². The van der Waals surface area contributed by atoms with Crippen LogP contribution >= 0.6 is 0 Å². The van der Waals surface area contributed by atoms with Gasteiger partial charge in [-0.1, -0.05) is 166 Å². The van der Waals surface area contributed by atoms with Crippen molar-refractivity contribution in [1.82, 2.24) is 4.57 Å². The topological polar surface area (TPSA) is 8.17 Å². The van der Waals surface area contributed by atoms with Gasteiger partial charge in [-0.25, -0.2) is 0 Å². The molecule has 0 bridgehead atoms. The molecule has 53 heavy (non-hydrogen) atoms. The van der Waals surface area contributed by atoms with E-state index in [4.69, 9.17) is 0 Å². The number of nitrogens with zero attached hydrogens (tertiary/aromatic N) is 2. The Hall–Kier alpha value is -6.64. The highest BCUT2D eigenvalue weighted by Gasteiger charge is 2.37. The van der Waals surface area contributed by atoms with Crippen molar-refractivity contribution in [3.05, 3.63) is 205 Å². The number of rotatable bonds is 6. The first-order valence-electron chi connectivity index (χ1n) is 18.4. The maximum atomic E-state index is 2.50. The van der Waals surface area contributed by atoms with E-state index in [0.29, 0.717) is 0 Å². The minimum Gasteiger partial charge on any atom is -0.310 e. The monoisotopic (exact) mass is 678 g/mol. The molecule has 0 unspecified atom stereocenters. The first-order chi connectivity index (χ1) is 26.1. The fourth-order valence-electron chi connectivity index (χ4n) is 8.67. The molecule has 252 valence electrons.